The number of aromatic nitrogens is 1. The van der Waals surface area contributed by atoms with Crippen molar-refractivity contribution in [3.05, 3.63) is 65.2 Å². The Bertz CT molecular complexity index is 1310. The van der Waals surface area contributed by atoms with Gasteiger partial charge in [-0.25, -0.2) is 0 Å². The minimum atomic E-state index is 0.0495. The van der Waals surface area contributed by atoms with Gasteiger partial charge in [-0.2, -0.15) is 0 Å². The monoisotopic (exact) mass is 487 g/mol. The SMILES string of the molecule is CCCCC(Cc1c[nH]c2ccccc12)NC(=O)c1cc2ccc(N3CCC(C)(C)CC3)cc2s1. The van der Waals surface area contributed by atoms with Crippen LogP contribution in [0, 0.1) is 5.41 Å². The van der Waals surface area contributed by atoms with Gasteiger partial charge in [-0.3, -0.25) is 4.79 Å². The molecule has 2 aromatic carbocycles. The number of carbonyl (C=O) groups is 1. The van der Waals surface area contributed by atoms with E-state index < -0.39 is 0 Å². The standard InChI is InChI=1S/C30H37N3OS/c1-4-5-8-23(17-22-20-31-26-10-7-6-9-25(22)26)32-29(34)28-18-21-11-12-24(19-27(21)35-28)33-15-13-30(2,3)14-16-33/h6-7,9-12,18-20,23,31H,4-5,8,13-17H2,1-3H3,(H,32,34). The summed E-state index contributed by atoms with van der Waals surface area (Å²) < 4.78 is 1.19. The largest absolute Gasteiger partial charge is 0.371 e. The van der Waals surface area contributed by atoms with Gasteiger partial charge in [0.05, 0.1) is 4.88 Å². The number of nitrogens with one attached hydrogen (secondary N) is 2. The van der Waals surface area contributed by atoms with Crippen molar-refractivity contribution in [1.29, 1.82) is 0 Å². The number of carbonyl (C=O) groups excluding carboxylic acids is 1. The minimum absolute atomic E-state index is 0.0495. The summed E-state index contributed by atoms with van der Waals surface area (Å²) in [5.41, 5.74) is 4.14. The number of piperidine rings is 1. The quantitative estimate of drug-likeness (QED) is 0.270. The molecule has 5 rings (SSSR count). The topological polar surface area (TPSA) is 48.1 Å². The zero-order valence-corrected chi connectivity index (χ0v) is 22.0. The molecule has 1 amide bonds. The molecule has 0 spiro atoms. The van der Waals surface area contributed by atoms with Gasteiger partial charge in [0.25, 0.3) is 5.91 Å². The molecule has 0 bridgehead atoms. The molecule has 1 unspecified atom stereocenters. The molecule has 1 saturated heterocycles. The summed E-state index contributed by atoms with van der Waals surface area (Å²) in [5.74, 6) is 0.0495. The van der Waals surface area contributed by atoms with Crippen molar-refractivity contribution < 1.29 is 4.79 Å². The molecule has 184 valence electrons. The van der Waals surface area contributed by atoms with E-state index in [4.69, 9.17) is 0 Å². The van der Waals surface area contributed by atoms with Crippen LogP contribution in [0.25, 0.3) is 21.0 Å². The molecule has 0 aliphatic carbocycles. The van der Waals surface area contributed by atoms with E-state index in [-0.39, 0.29) is 11.9 Å². The Labute approximate surface area is 212 Å². The highest BCUT2D eigenvalue weighted by Crippen LogP contribution is 2.35. The molecule has 1 fully saturated rings. The molecule has 4 nitrogen and oxygen atoms in total. The Morgan fingerprint density at radius 2 is 1.94 bits per heavy atom. The summed E-state index contributed by atoms with van der Waals surface area (Å²) in [5, 5.41) is 5.77. The maximum Gasteiger partial charge on any atom is 0.261 e. The van der Waals surface area contributed by atoms with Crippen LogP contribution in [0.4, 0.5) is 5.69 Å². The number of aromatic amines is 1. The molecule has 5 heteroatoms. The number of fused-ring (bicyclic) bond motifs is 2. The first-order chi connectivity index (χ1) is 16.9. The van der Waals surface area contributed by atoms with Gasteiger partial charge in [0.15, 0.2) is 0 Å². The number of H-pyrrole nitrogens is 1. The molecule has 4 aromatic rings. The van der Waals surface area contributed by atoms with Gasteiger partial charge in [-0.15, -0.1) is 11.3 Å². The van der Waals surface area contributed by atoms with Crippen LogP contribution >= 0.6 is 11.3 Å². The van der Waals surface area contributed by atoms with Crippen LogP contribution in [0.5, 0.6) is 0 Å². The van der Waals surface area contributed by atoms with Crippen molar-refractivity contribution in [2.45, 2.75) is 65.3 Å². The lowest BCUT2D eigenvalue weighted by molar-refractivity contribution is 0.0938. The lowest BCUT2D eigenvalue weighted by atomic mass is 9.82. The summed E-state index contributed by atoms with van der Waals surface area (Å²) in [6.45, 7) is 9.14. The maximum absolute atomic E-state index is 13.3. The molecule has 2 N–H and O–H groups in total. The van der Waals surface area contributed by atoms with Gasteiger partial charge < -0.3 is 15.2 Å². The van der Waals surface area contributed by atoms with Crippen molar-refractivity contribution in [3.63, 3.8) is 0 Å². The Morgan fingerprint density at radius 3 is 2.74 bits per heavy atom. The molecule has 0 radical (unpaired) electrons. The van der Waals surface area contributed by atoms with Crippen molar-refractivity contribution in [3.8, 4) is 0 Å². The second-order valence-electron chi connectivity index (χ2n) is 10.9. The first-order valence-electron chi connectivity index (χ1n) is 13.1. The number of benzene rings is 2. The van der Waals surface area contributed by atoms with Crippen LogP contribution in [0.15, 0.2) is 54.7 Å². The number of amides is 1. The Morgan fingerprint density at radius 1 is 1.14 bits per heavy atom. The van der Waals surface area contributed by atoms with Gasteiger partial charge in [0.1, 0.15) is 0 Å². The van der Waals surface area contributed by atoms with E-state index >= 15 is 0 Å². The zero-order valence-electron chi connectivity index (χ0n) is 21.2. The molecular weight excluding hydrogens is 450 g/mol. The van der Waals surface area contributed by atoms with Crippen molar-refractivity contribution in [2.24, 2.45) is 5.41 Å². The number of hydrogen-bond donors (Lipinski definition) is 2. The van der Waals surface area contributed by atoms with E-state index in [0.717, 1.165) is 54.6 Å². The lowest BCUT2D eigenvalue weighted by Crippen LogP contribution is -2.37. The average Bonchev–Trinajstić information content (AvgIpc) is 3.46. The second-order valence-corrected chi connectivity index (χ2v) is 11.9. The van der Waals surface area contributed by atoms with Crippen molar-refractivity contribution >= 4 is 43.9 Å². The number of unbranched alkanes of at least 4 members (excludes halogenated alkanes) is 1. The van der Waals surface area contributed by atoms with Crippen LogP contribution in [-0.4, -0.2) is 30.0 Å². The number of rotatable bonds is 8. The summed E-state index contributed by atoms with van der Waals surface area (Å²) in [4.78, 5) is 20.0. The van der Waals surface area contributed by atoms with Gasteiger partial charge >= 0.3 is 0 Å². The summed E-state index contributed by atoms with van der Waals surface area (Å²) in [6, 6.07) is 17.2. The molecule has 35 heavy (non-hydrogen) atoms. The summed E-state index contributed by atoms with van der Waals surface area (Å²) in [6.07, 6.45) is 8.60. The fourth-order valence-electron chi connectivity index (χ4n) is 5.20. The minimum Gasteiger partial charge on any atom is -0.371 e. The fraction of sp³-hybridized carbons (Fsp3) is 0.433. The van der Waals surface area contributed by atoms with Gasteiger partial charge in [0, 0.05) is 46.6 Å². The van der Waals surface area contributed by atoms with Crippen LogP contribution in [0.2, 0.25) is 0 Å². The highest BCUT2D eigenvalue weighted by atomic mass is 32.1. The number of anilines is 1. The van der Waals surface area contributed by atoms with E-state index in [1.807, 2.05) is 0 Å². The lowest BCUT2D eigenvalue weighted by Gasteiger charge is -2.38. The maximum atomic E-state index is 13.3. The normalized spacial score (nSPS) is 16.6. The van der Waals surface area contributed by atoms with E-state index in [2.05, 4.69) is 90.7 Å². The summed E-state index contributed by atoms with van der Waals surface area (Å²) in [7, 11) is 0. The van der Waals surface area contributed by atoms with Gasteiger partial charge in [0.2, 0.25) is 0 Å². The Kier molecular flexibility index (Phi) is 6.88. The first kappa shape index (κ1) is 23.9. The van der Waals surface area contributed by atoms with Crippen LogP contribution in [-0.2, 0) is 6.42 Å². The number of nitrogens with zero attached hydrogens (tertiary/aromatic N) is 1. The van der Waals surface area contributed by atoms with Crippen LogP contribution in [0.3, 0.4) is 0 Å². The van der Waals surface area contributed by atoms with E-state index in [0.29, 0.717) is 5.41 Å². The molecular formula is C30H37N3OS. The number of hydrogen-bond acceptors (Lipinski definition) is 3. The van der Waals surface area contributed by atoms with Crippen LogP contribution in [0.1, 0.15) is 68.1 Å². The summed E-state index contributed by atoms with van der Waals surface area (Å²) >= 11 is 1.61. The van der Waals surface area contributed by atoms with Crippen molar-refractivity contribution in [1.82, 2.24) is 10.3 Å². The van der Waals surface area contributed by atoms with E-state index in [9.17, 15) is 4.79 Å². The number of thiophene rings is 1. The van der Waals surface area contributed by atoms with Crippen LogP contribution < -0.4 is 10.2 Å². The second kappa shape index (κ2) is 10.1. The average molecular weight is 488 g/mol. The third kappa shape index (κ3) is 5.40. The van der Waals surface area contributed by atoms with E-state index in [1.54, 1.807) is 11.3 Å². The zero-order chi connectivity index (χ0) is 24.4. The number of para-hydroxylation sites is 1. The van der Waals surface area contributed by atoms with Crippen molar-refractivity contribution in [2.75, 3.05) is 18.0 Å². The van der Waals surface area contributed by atoms with E-state index in [1.165, 1.54) is 34.2 Å². The predicted octanol–water partition coefficient (Wildman–Crippen LogP) is 7.54. The molecule has 3 heterocycles. The Balaban J connectivity index is 1.31. The predicted molar refractivity (Wildman–Crippen MR) is 150 cm³/mol. The van der Waals surface area contributed by atoms with Gasteiger partial charge in [-0.05, 0) is 66.3 Å². The molecule has 2 aromatic heterocycles. The smallest absolute Gasteiger partial charge is 0.261 e. The third-order valence-corrected chi connectivity index (χ3v) is 8.69. The van der Waals surface area contributed by atoms with Gasteiger partial charge in [-0.1, -0.05) is 57.9 Å². The molecule has 1 aliphatic rings. The highest BCUT2D eigenvalue weighted by molar-refractivity contribution is 7.20. The Hall–Kier alpha value is -2.79. The molecule has 1 aliphatic heterocycles. The molecule has 1 atom stereocenters. The third-order valence-electron chi connectivity index (χ3n) is 7.59. The first-order valence-corrected chi connectivity index (χ1v) is 13.9. The molecule has 0 saturated carbocycles. The fourth-order valence-corrected chi connectivity index (χ4v) is 6.20. The highest BCUT2D eigenvalue weighted by Gasteiger charge is 2.26.